The van der Waals surface area contributed by atoms with E-state index in [0.717, 1.165) is 10.2 Å². The molecule has 6 nitrogen and oxygen atoms in total. The predicted molar refractivity (Wildman–Crippen MR) is 76.4 cm³/mol. The molecule has 0 fully saturated rings. The van der Waals surface area contributed by atoms with Gasteiger partial charge in [-0.05, 0) is 35.0 Å². The fraction of sp³-hybridized carbons (Fsp3) is 0.154. The summed E-state index contributed by atoms with van der Waals surface area (Å²) in [7, 11) is 1.42. The molecule has 2 aromatic rings. The van der Waals surface area contributed by atoms with Gasteiger partial charge in [0.15, 0.2) is 11.5 Å². The Morgan fingerprint density at radius 1 is 1.25 bits per heavy atom. The minimum Gasteiger partial charge on any atom is -0.493 e. The summed E-state index contributed by atoms with van der Waals surface area (Å²) in [6, 6.07) is 7.65. The van der Waals surface area contributed by atoms with E-state index in [2.05, 4.69) is 20.9 Å². The average Bonchev–Trinajstić information content (AvgIpc) is 2.43. The van der Waals surface area contributed by atoms with E-state index in [1.165, 1.54) is 25.3 Å². The molecule has 2 rings (SSSR count). The first-order valence-electron chi connectivity index (χ1n) is 5.64. The quantitative estimate of drug-likeness (QED) is 0.625. The van der Waals surface area contributed by atoms with Crippen LogP contribution in [-0.4, -0.2) is 17.0 Å². The summed E-state index contributed by atoms with van der Waals surface area (Å²) < 4.78 is 11.6. The fourth-order valence-electron chi connectivity index (χ4n) is 1.54. The first-order chi connectivity index (χ1) is 9.51. The number of non-ortho nitro benzene ring substituents is 1. The van der Waals surface area contributed by atoms with E-state index in [1.807, 2.05) is 13.0 Å². The molecule has 0 amide bonds. The number of nitro benzene ring substituents is 1. The molecule has 1 aromatic carbocycles. The number of pyridine rings is 1. The largest absolute Gasteiger partial charge is 0.493 e. The van der Waals surface area contributed by atoms with Crippen molar-refractivity contribution >= 4 is 21.6 Å². The van der Waals surface area contributed by atoms with Gasteiger partial charge in [0.25, 0.3) is 5.69 Å². The van der Waals surface area contributed by atoms with Gasteiger partial charge in [0.05, 0.1) is 23.8 Å². The van der Waals surface area contributed by atoms with E-state index < -0.39 is 4.92 Å². The summed E-state index contributed by atoms with van der Waals surface area (Å²) >= 11 is 3.35. The van der Waals surface area contributed by atoms with Crippen molar-refractivity contribution in [3.63, 3.8) is 0 Å². The zero-order chi connectivity index (χ0) is 14.7. The number of aryl methyl sites for hydroxylation is 1. The molecule has 0 atom stereocenters. The molecule has 0 aliphatic rings. The van der Waals surface area contributed by atoms with Crippen molar-refractivity contribution in [2.75, 3.05) is 7.11 Å². The van der Waals surface area contributed by atoms with Gasteiger partial charge in [0.1, 0.15) is 0 Å². The highest BCUT2D eigenvalue weighted by Gasteiger charge is 2.13. The summed E-state index contributed by atoms with van der Waals surface area (Å²) in [5.41, 5.74) is 0.720. The molecule has 0 saturated carbocycles. The lowest BCUT2D eigenvalue weighted by Gasteiger charge is -2.10. The van der Waals surface area contributed by atoms with Crippen LogP contribution in [0.4, 0.5) is 5.69 Å². The zero-order valence-corrected chi connectivity index (χ0v) is 12.4. The molecule has 0 aliphatic carbocycles. The van der Waals surface area contributed by atoms with Gasteiger partial charge in [-0.25, -0.2) is 4.98 Å². The third kappa shape index (κ3) is 3.05. The Morgan fingerprint density at radius 2 is 2.00 bits per heavy atom. The van der Waals surface area contributed by atoms with Crippen LogP contribution in [0.3, 0.4) is 0 Å². The summed E-state index contributed by atoms with van der Waals surface area (Å²) in [4.78, 5) is 14.5. The van der Waals surface area contributed by atoms with Crippen LogP contribution in [0.2, 0.25) is 0 Å². The van der Waals surface area contributed by atoms with Crippen molar-refractivity contribution < 1.29 is 14.4 Å². The number of ether oxygens (including phenoxy) is 2. The molecular formula is C13H11BrN2O4. The Balaban J connectivity index is 2.32. The van der Waals surface area contributed by atoms with E-state index in [0.29, 0.717) is 11.6 Å². The van der Waals surface area contributed by atoms with Crippen LogP contribution < -0.4 is 9.47 Å². The lowest BCUT2D eigenvalue weighted by Crippen LogP contribution is -1.95. The van der Waals surface area contributed by atoms with Gasteiger partial charge in [-0.1, -0.05) is 0 Å². The van der Waals surface area contributed by atoms with Crippen LogP contribution in [0.1, 0.15) is 5.69 Å². The Hall–Kier alpha value is -2.15. The molecule has 0 N–H and O–H groups in total. The van der Waals surface area contributed by atoms with Gasteiger partial charge in [-0.3, -0.25) is 10.1 Å². The van der Waals surface area contributed by atoms with E-state index in [1.54, 1.807) is 6.07 Å². The zero-order valence-electron chi connectivity index (χ0n) is 10.8. The molecule has 7 heteroatoms. The van der Waals surface area contributed by atoms with Crippen molar-refractivity contribution in [1.29, 1.82) is 0 Å². The fourth-order valence-corrected chi connectivity index (χ4v) is 1.77. The van der Waals surface area contributed by atoms with Crippen molar-refractivity contribution in [2.24, 2.45) is 0 Å². The second-order valence-corrected chi connectivity index (χ2v) is 4.77. The van der Waals surface area contributed by atoms with E-state index in [-0.39, 0.29) is 11.4 Å². The SMILES string of the molecule is COc1cc([N+](=O)[O-])ccc1Oc1ccc(Br)c(C)n1. The van der Waals surface area contributed by atoms with Crippen molar-refractivity contribution in [2.45, 2.75) is 6.92 Å². The van der Waals surface area contributed by atoms with Gasteiger partial charge in [0.2, 0.25) is 5.88 Å². The number of nitrogens with zero attached hydrogens (tertiary/aromatic N) is 2. The maximum absolute atomic E-state index is 10.7. The van der Waals surface area contributed by atoms with Crippen molar-refractivity contribution in [3.05, 3.63) is 50.6 Å². The third-order valence-corrected chi connectivity index (χ3v) is 3.41. The highest BCUT2D eigenvalue weighted by molar-refractivity contribution is 9.10. The van der Waals surface area contributed by atoms with E-state index >= 15 is 0 Å². The van der Waals surface area contributed by atoms with Gasteiger partial charge >= 0.3 is 0 Å². The average molecular weight is 339 g/mol. The maximum Gasteiger partial charge on any atom is 0.273 e. The lowest BCUT2D eigenvalue weighted by atomic mass is 10.3. The number of hydrogen-bond donors (Lipinski definition) is 0. The smallest absolute Gasteiger partial charge is 0.273 e. The number of benzene rings is 1. The summed E-state index contributed by atoms with van der Waals surface area (Å²) in [5.74, 6) is 1.03. The Kier molecular flexibility index (Phi) is 4.19. The standard InChI is InChI=1S/C13H11BrN2O4/c1-8-10(14)4-6-13(15-8)20-11-5-3-9(16(17)18)7-12(11)19-2/h3-7H,1-2H3. The molecule has 20 heavy (non-hydrogen) atoms. The minimum absolute atomic E-state index is 0.0610. The van der Waals surface area contributed by atoms with Gasteiger partial charge in [-0.15, -0.1) is 0 Å². The summed E-state index contributed by atoms with van der Waals surface area (Å²) in [5, 5.41) is 10.7. The van der Waals surface area contributed by atoms with Crippen LogP contribution in [-0.2, 0) is 0 Å². The van der Waals surface area contributed by atoms with Gasteiger partial charge in [0, 0.05) is 16.6 Å². The van der Waals surface area contributed by atoms with E-state index in [9.17, 15) is 10.1 Å². The second-order valence-electron chi connectivity index (χ2n) is 3.91. The van der Waals surface area contributed by atoms with Gasteiger partial charge in [-0.2, -0.15) is 0 Å². The summed E-state index contributed by atoms with van der Waals surface area (Å²) in [6.45, 7) is 1.84. The number of nitro groups is 1. The minimum atomic E-state index is -0.492. The maximum atomic E-state index is 10.7. The number of hydrogen-bond acceptors (Lipinski definition) is 5. The van der Waals surface area contributed by atoms with Gasteiger partial charge < -0.3 is 9.47 Å². The number of aromatic nitrogens is 1. The van der Waals surface area contributed by atoms with Crippen LogP contribution in [0.15, 0.2) is 34.8 Å². The van der Waals surface area contributed by atoms with Crippen LogP contribution >= 0.6 is 15.9 Å². The number of rotatable bonds is 4. The van der Waals surface area contributed by atoms with Crippen molar-refractivity contribution in [3.8, 4) is 17.4 Å². The molecule has 0 unspecified atom stereocenters. The second kappa shape index (κ2) is 5.87. The molecule has 0 radical (unpaired) electrons. The lowest BCUT2D eigenvalue weighted by molar-refractivity contribution is -0.384. The van der Waals surface area contributed by atoms with Crippen LogP contribution in [0.25, 0.3) is 0 Å². The molecule has 0 saturated heterocycles. The normalized spacial score (nSPS) is 10.2. The monoisotopic (exact) mass is 338 g/mol. The highest BCUT2D eigenvalue weighted by atomic mass is 79.9. The Morgan fingerprint density at radius 3 is 2.60 bits per heavy atom. The Bertz CT molecular complexity index is 661. The van der Waals surface area contributed by atoms with Crippen LogP contribution in [0.5, 0.6) is 17.4 Å². The molecule has 1 heterocycles. The molecule has 0 aliphatic heterocycles. The topological polar surface area (TPSA) is 74.5 Å². The Labute approximate surface area is 123 Å². The first kappa shape index (κ1) is 14.3. The molecule has 0 spiro atoms. The first-order valence-corrected chi connectivity index (χ1v) is 6.44. The highest BCUT2D eigenvalue weighted by Crippen LogP contribution is 2.34. The summed E-state index contributed by atoms with van der Waals surface area (Å²) in [6.07, 6.45) is 0. The predicted octanol–water partition coefficient (Wildman–Crippen LogP) is 3.86. The number of methoxy groups -OCH3 is 1. The number of halogens is 1. The third-order valence-electron chi connectivity index (χ3n) is 2.57. The molecule has 0 bridgehead atoms. The molecular weight excluding hydrogens is 328 g/mol. The molecule has 104 valence electrons. The van der Waals surface area contributed by atoms with Crippen LogP contribution in [0, 0.1) is 17.0 Å². The van der Waals surface area contributed by atoms with E-state index in [4.69, 9.17) is 9.47 Å². The molecule has 1 aromatic heterocycles. The van der Waals surface area contributed by atoms with Crippen molar-refractivity contribution in [1.82, 2.24) is 4.98 Å².